The monoisotopic (exact) mass is 161 g/mol. The molecule has 2 fully saturated rings. The largest absolute Gasteiger partial charge is 0.276 e. The molecule has 0 aliphatic carbocycles. The van der Waals surface area contributed by atoms with Gasteiger partial charge in [0, 0.05) is 12.6 Å². The molecule has 0 aromatic rings. The van der Waals surface area contributed by atoms with E-state index in [1.54, 1.807) is 0 Å². The van der Waals surface area contributed by atoms with E-state index in [1.807, 2.05) is 4.31 Å². The summed E-state index contributed by atoms with van der Waals surface area (Å²) in [6.07, 6.45) is 3.60. The third-order valence-corrected chi connectivity index (χ3v) is 3.33. The second-order valence-electron chi connectivity index (χ2n) is 2.79. The SMILES string of the molecule is O=S1OCC2CCCCN21. The molecular weight excluding hydrogens is 150 g/mol. The Morgan fingerprint density at radius 2 is 2.40 bits per heavy atom. The van der Waals surface area contributed by atoms with Crippen molar-refractivity contribution in [2.75, 3.05) is 13.2 Å². The zero-order valence-electron chi connectivity index (χ0n) is 5.78. The molecule has 0 radical (unpaired) electrons. The lowest BCUT2D eigenvalue weighted by Crippen LogP contribution is -2.35. The molecule has 2 saturated heterocycles. The van der Waals surface area contributed by atoms with E-state index in [2.05, 4.69) is 0 Å². The molecule has 2 aliphatic rings. The third kappa shape index (κ3) is 1.00. The highest BCUT2D eigenvalue weighted by Crippen LogP contribution is 2.24. The Kier molecular flexibility index (Phi) is 1.76. The minimum Gasteiger partial charge on any atom is -0.276 e. The molecule has 2 rings (SSSR count). The maximum atomic E-state index is 11.0. The zero-order chi connectivity index (χ0) is 6.97. The molecule has 2 unspecified atom stereocenters. The number of hydrogen-bond donors (Lipinski definition) is 0. The first-order chi connectivity index (χ1) is 4.88. The summed E-state index contributed by atoms with van der Waals surface area (Å²) in [6, 6.07) is 0.453. The van der Waals surface area contributed by atoms with Crippen molar-refractivity contribution < 1.29 is 8.39 Å². The van der Waals surface area contributed by atoms with Crippen molar-refractivity contribution >= 4 is 11.3 Å². The van der Waals surface area contributed by atoms with Gasteiger partial charge in [0.25, 0.3) is 0 Å². The number of piperidine rings is 1. The molecular formula is C6H11NO2S. The minimum atomic E-state index is -1.11. The second kappa shape index (κ2) is 2.60. The maximum absolute atomic E-state index is 11.0. The molecule has 0 saturated carbocycles. The predicted molar refractivity (Wildman–Crippen MR) is 38.4 cm³/mol. The summed E-state index contributed by atoms with van der Waals surface area (Å²) in [5.41, 5.74) is 0. The van der Waals surface area contributed by atoms with E-state index in [0.29, 0.717) is 12.6 Å². The van der Waals surface area contributed by atoms with Crippen molar-refractivity contribution in [2.24, 2.45) is 0 Å². The highest BCUT2D eigenvalue weighted by Gasteiger charge is 2.33. The van der Waals surface area contributed by atoms with Crippen LogP contribution in [0, 0.1) is 0 Å². The topological polar surface area (TPSA) is 29.5 Å². The lowest BCUT2D eigenvalue weighted by atomic mass is 10.1. The fourth-order valence-corrected chi connectivity index (χ4v) is 2.64. The van der Waals surface area contributed by atoms with E-state index < -0.39 is 11.3 Å². The van der Waals surface area contributed by atoms with Crippen LogP contribution < -0.4 is 0 Å². The minimum absolute atomic E-state index is 0.453. The summed E-state index contributed by atoms with van der Waals surface area (Å²) in [6.45, 7) is 1.63. The standard InChI is InChI=1S/C6H11NO2S/c8-10-7-4-2-1-3-6(7)5-9-10/h6H,1-5H2. The van der Waals surface area contributed by atoms with Crippen LogP contribution in [0.1, 0.15) is 19.3 Å². The van der Waals surface area contributed by atoms with E-state index in [9.17, 15) is 4.21 Å². The third-order valence-electron chi connectivity index (χ3n) is 2.13. The van der Waals surface area contributed by atoms with Gasteiger partial charge in [0.1, 0.15) is 0 Å². The molecule has 10 heavy (non-hydrogen) atoms. The highest BCUT2D eigenvalue weighted by molar-refractivity contribution is 7.78. The van der Waals surface area contributed by atoms with Crippen LogP contribution in [0.5, 0.6) is 0 Å². The number of rotatable bonds is 0. The molecule has 2 atom stereocenters. The molecule has 58 valence electrons. The molecule has 4 heteroatoms. The van der Waals surface area contributed by atoms with Crippen LogP contribution in [-0.4, -0.2) is 27.7 Å². The van der Waals surface area contributed by atoms with Crippen LogP contribution in [0.4, 0.5) is 0 Å². The van der Waals surface area contributed by atoms with Crippen molar-refractivity contribution in [1.82, 2.24) is 4.31 Å². The maximum Gasteiger partial charge on any atom is 0.237 e. The van der Waals surface area contributed by atoms with Gasteiger partial charge >= 0.3 is 0 Å². The molecule has 0 aromatic carbocycles. The first kappa shape index (κ1) is 6.76. The molecule has 2 aliphatic heterocycles. The molecule has 0 aromatic heterocycles. The van der Waals surface area contributed by atoms with Crippen LogP contribution in [-0.2, 0) is 15.4 Å². The Balaban J connectivity index is 2.08. The zero-order valence-corrected chi connectivity index (χ0v) is 6.60. The number of fused-ring (bicyclic) bond motifs is 1. The molecule has 3 nitrogen and oxygen atoms in total. The van der Waals surface area contributed by atoms with Gasteiger partial charge in [0.15, 0.2) is 0 Å². The average Bonchev–Trinajstić information content (AvgIpc) is 2.34. The average molecular weight is 161 g/mol. The summed E-state index contributed by atoms with van der Waals surface area (Å²) in [4.78, 5) is 0. The lowest BCUT2D eigenvalue weighted by molar-refractivity contribution is 0.257. The van der Waals surface area contributed by atoms with Gasteiger partial charge in [-0.2, -0.15) is 4.31 Å². The van der Waals surface area contributed by atoms with Crippen molar-refractivity contribution in [3.63, 3.8) is 0 Å². The van der Waals surface area contributed by atoms with E-state index in [4.69, 9.17) is 4.18 Å². The molecule has 0 N–H and O–H groups in total. The van der Waals surface area contributed by atoms with E-state index in [-0.39, 0.29) is 0 Å². The summed E-state index contributed by atoms with van der Waals surface area (Å²) >= 11 is -1.11. The fourth-order valence-electron chi connectivity index (χ4n) is 1.54. The number of hydrogen-bond acceptors (Lipinski definition) is 2. The van der Waals surface area contributed by atoms with Crippen molar-refractivity contribution in [2.45, 2.75) is 25.3 Å². The Bertz CT molecular complexity index is 162. The van der Waals surface area contributed by atoms with Crippen LogP contribution in [0.25, 0.3) is 0 Å². The summed E-state index contributed by atoms with van der Waals surface area (Å²) < 4.78 is 18.0. The van der Waals surface area contributed by atoms with Gasteiger partial charge in [-0.25, -0.2) is 4.21 Å². The predicted octanol–water partition coefficient (Wildman–Crippen LogP) is 0.450. The molecule has 0 bridgehead atoms. The van der Waals surface area contributed by atoms with Gasteiger partial charge in [0.05, 0.1) is 6.61 Å². The van der Waals surface area contributed by atoms with Gasteiger partial charge < -0.3 is 0 Å². The van der Waals surface area contributed by atoms with Crippen LogP contribution in [0.15, 0.2) is 0 Å². The van der Waals surface area contributed by atoms with Gasteiger partial charge in [-0.05, 0) is 12.8 Å². The van der Waals surface area contributed by atoms with E-state index in [1.165, 1.54) is 12.8 Å². The Hall–Kier alpha value is 0.0700. The van der Waals surface area contributed by atoms with Crippen LogP contribution in [0.3, 0.4) is 0 Å². The van der Waals surface area contributed by atoms with Crippen molar-refractivity contribution in [1.29, 1.82) is 0 Å². The fraction of sp³-hybridized carbons (Fsp3) is 1.00. The first-order valence-electron chi connectivity index (χ1n) is 3.70. The molecule has 0 amide bonds. The van der Waals surface area contributed by atoms with Gasteiger partial charge in [0.2, 0.25) is 11.3 Å². The van der Waals surface area contributed by atoms with Crippen molar-refractivity contribution in [3.8, 4) is 0 Å². The smallest absolute Gasteiger partial charge is 0.237 e. The van der Waals surface area contributed by atoms with Gasteiger partial charge in [-0.1, -0.05) is 6.42 Å². The molecule has 0 spiro atoms. The Morgan fingerprint density at radius 1 is 1.50 bits per heavy atom. The van der Waals surface area contributed by atoms with E-state index >= 15 is 0 Å². The Labute approximate surface area is 63.1 Å². The van der Waals surface area contributed by atoms with Crippen LogP contribution in [0.2, 0.25) is 0 Å². The van der Waals surface area contributed by atoms with Crippen LogP contribution >= 0.6 is 0 Å². The van der Waals surface area contributed by atoms with E-state index in [0.717, 1.165) is 13.0 Å². The van der Waals surface area contributed by atoms with Gasteiger partial charge in [-0.15, -0.1) is 0 Å². The summed E-state index contributed by atoms with van der Waals surface area (Å²) in [5, 5.41) is 0. The highest BCUT2D eigenvalue weighted by atomic mass is 32.2. The summed E-state index contributed by atoms with van der Waals surface area (Å²) in [7, 11) is 0. The lowest BCUT2D eigenvalue weighted by Gasteiger charge is -2.24. The van der Waals surface area contributed by atoms with Crippen molar-refractivity contribution in [3.05, 3.63) is 0 Å². The quantitative estimate of drug-likeness (QED) is 0.516. The second-order valence-corrected chi connectivity index (χ2v) is 3.93. The normalized spacial score (nSPS) is 41.6. The molecule has 2 heterocycles. The Morgan fingerprint density at radius 3 is 3.20 bits per heavy atom. The van der Waals surface area contributed by atoms with Gasteiger partial charge in [-0.3, -0.25) is 4.18 Å². The summed E-state index contributed by atoms with van der Waals surface area (Å²) in [5.74, 6) is 0. The number of nitrogens with zero attached hydrogens (tertiary/aromatic N) is 1. The first-order valence-corrected chi connectivity index (χ1v) is 4.73.